The number of anilines is 2. The highest BCUT2D eigenvalue weighted by Gasteiger charge is 2.66. The Morgan fingerprint density at radius 1 is 0.942 bits per heavy atom. The maximum atomic E-state index is 14.6. The lowest BCUT2D eigenvalue weighted by Gasteiger charge is -2.37. The van der Waals surface area contributed by atoms with Crippen LogP contribution in [-0.2, 0) is 26.5 Å². The second-order valence-corrected chi connectivity index (χ2v) is 18.9. The van der Waals surface area contributed by atoms with Crippen molar-refractivity contribution in [3.8, 4) is 11.5 Å². The van der Waals surface area contributed by atoms with E-state index in [1.165, 1.54) is 0 Å². The molecule has 2 aliphatic rings. The molecule has 0 unspecified atom stereocenters. The molecule has 0 radical (unpaired) electrons. The molecule has 272 valence electrons. The number of benzene rings is 4. The highest BCUT2D eigenvalue weighted by Crippen LogP contribution is 2.60. The van der Waals surface area contributed by atoms with Gasteiger partial charge in [-0.2, -0.15) is 0 Å². The van der Waals surface area contributed by atoms with Crippen LogP contribution in [0.1, 0.15) is 34.8 Å². The second-order valence-electron chi connectivity index (χ2n) is 14.2. The largest absolute Gasteiger partial charge is 0.497 e. The first kappa shape index (κ1) is 36.8. The van der Waals surface area contributed by atoms with Crippen molar-refractivity contribution >= 4 is 42.4 Å². The fourth-order valence-electron chi connectivity index (χ4n) is 8.16. The summed E-state index contributed by atoms with van der Waals surface area (Å²) in [6, 6.07) is 30.1. The molecule has 1 spiro atoms. The molecule has 0 bridgehead atoms. The molecule has 4 aromatic rings. The molecule has 0 aromatic heterocycles. The average molecular weight is 722 g/mol. The lowest BCUT2D eigenvalue weighted by molar-refractivity contribution is -0.149. The molecular weight excluding hydrogens is 675 g/mol. The van der Waals surface area contributed by atoms with E-state index in [4.69, 9.17) is 14.2 Å². The topological polar surface area (TPSA) is 118 Å². The number of nitrogens with zero attached hydrogens (tertiary/aromatic N) is 2. The number of amides is 3. The minimum absolute atomic E-state index is 0.0381. The van der Waals surface area contributed by atoms with Crippen LogP contribution >= 0.6 is 0 Å². The summed E-state index contributed by atoms with van der Waals surface area (Å²) in [5.74, 6) is 0.400. The van der Waals surface area contributed by atoms with E-state index in [0.29, 0.717) is 34.8 Å². The van der Waals surface area contributed by atoms with Gasteiger partial charge in [-0.1, -0.05) is 67.7 Å². The van der Waals surface area contributed by atoms with E-state index in [0.717, 1.165) is 16.5 Å². The van der Waals surface area contributed by atoms with Crippen LogP contribution in [0.2, 0.25) is 18.6 Å². The molecule has 4 aromatic carbocycles. The summed E-state index contributed by atoms with van der Waals surface area (Å²) < 4.78 is 17.8. The Morgan fingerprint density at radius 2 is 1.58 bits per heavy atom. The molecule has 1 fully saturated rings. The number of aliphatic hydroxyl groups excluding tert-OH is 1. The summed E-state index contributed by atoms with van der Waals surface area (Å²) >= 11 is 0. The van der Waals surface area contributed by atoms with Gasteiger partial charge in [-0.05, 0) is 65.7 Å². The predicted octanol–water partition coefficient (Wildman–Crippen LogP) is 5.56. The van der Waals surface area contributed by atoms with Gasteiger partial charge in [-0.25, -0.2) is 0 Å². The Morgan fingerprint density at radius 3 is 2.19 bits per heavy atom. The fraction of sp³-hybridized carbons (Fsp3) is 0.341. The first-order valence-corrected chi connectivity index (χ1v) is 20.6. The van der Waals surface area contributed by atoms with E-state index in [1.807, 2.05) is 54.6 Å². The minimum atomic E-state index is -2.51. The summed E-state index contributed by atoms with van der Waals surface area (Å²) in [6.45, 7) is 6.93. The van der Waals surface area contributed by atoms with E-state index in [2.05, 4.69) is 37.5 Å². The van der Waals surface area contributed by atoms with E-state index < -0.39 is 19.8 Å². The van der Waals surface area contributed by atoms with Crippen molar-refractivity contribution in [1.82, 2.24) is 4.90 Å². The highest BCUT2D eigenvalue weighted by molar-refractivity contribution is 6.91. The molecule has 2 aliphatic heterocycles. The van der Waals surface area contributed by atoms with Gasteiger partial charge in [0, 0.05) is 42.9 Å². The van der Waals surface area contributed by atoms with E-state index in [1.54, 1.807) is 61.4 Å². The number of fused-ring (bicyclic) bond motifs is 2. The zero-order valence-corrected chi connectivity index (χ0v) is 31.6. The SMILES string of the molecule is COc1ccc(C(=O)Nc2ccc3c(c2)[C@]2(O[C@@H](CC(=O)N(CCO)Cc4ccccc4)[C@H]([Si](C)(C)c4ccc(OC)cc4)[C@H]2C)C(=O)N3C)cc1. The number of rotatable bonds is 12. The Hall–Kier alpha value is -4.97. The van der Waals surface area contributed by atoms with Gasteiger partial charge >= 0.3 is 0 Å². The van der Waals surface area contributed by atoms with Crippen molar-refractivity contribution in [3.05, 3.63) is 114 Å². The van der Waals surface area contributed by atoms with Crippen LogP contribution in [0.3, 0.4) is 0 Å². The monoisotopic (exact) mass is 721 g/mol. The smallest absolute Gasteiger partial charge is 0.264 e. The number of hydrogen-bond acceptors (Lipinski definition) is 7. The maximum Gasteiger partial charge on any atom is 0.264 e. The number of carbonyl (C=O) groups excluding carboxylic acids is 3. The Balaban J connectivity index is 1.39. The molecule has 11 heteroatoms. The van der Waals surface area contributed by atoms with Crippen LogP contribution in [0.4, 0.5) is 11.4 Å². The molecule has 2 N–H and O–H groups in total. The van der Waals surface area contributed by atoms with Gasteiger partial charge in [0.2, 0.25) is 5.91 Å². The third-order valence-corrected chi connectivity index (χ3v) is 15.3. The van der Waals surface area contributed by atoms with Crippen LogP contribution in [0, 0.1) is 5.92 Å². The lowest BCUT2D eigenvalue weighted by Crippen LogP contribution is -2.52. The third-order valence-electron chi connectivity index (χ3n) is 10.9. The van der Waals surface area contributed by atoms with Crippen LogP contribution < -0.4 is 24.9 Å². The van der Waals surface area contributed by atoms with Gasteiger partial charge in [0.1, 0.15) is 11.5 Å². The van der Waals surface area contributed by atoms with Crippen molar-refractivity contribution in [2.24, 2.45) is 5.92 Å². The quantitative estimate of drug-likeness (QED) is 0.184. The molecular formula is C41H47N3O7Si. The van der Waals surface area contributed by atoms with Crippen LogP contribution in [0.15, 0.2) is 97.1 Å². The van der Waals surface area contributed by atoms with E-state index >= 15 is 0 Å². The molecule has 0 saturated carbocycles. The predicted molar refractivity (Wildman–Crippen MR) is 204 cm³/mol. The van der Waals surface area contributed by atoms with E-state index in [9.17, 15) is 19.5 Å². The summed E-state index contributed by atoms with van der Waals surface area (Å²) in [5.41, 5.74) is 1.74. The van der Waals surface area contributed by atoms with Gasteiger partial charge in [0.25, 0.3) is 11.8 Å². The van der Waals surface area contributed by atoms with Crippen LogP contribution in [0.25, 0.3) is 0 Å². The molecule has 0 aliphatic carbocycles. The first-order chi connectivity index (χ1) is 24.9. The van der Waals surface area contributed by atoms with Crippen molar-refractivity contribution in [3.63, 3.8) is 0 Å². The van der Waals surface area contributed by atoms with Crippen LogP contribution in [0.5, 0.6) is 11.5 Å². The summed E-state index contributed by atoms with van der Waals surface area (Å²) in [6.07, 6.45) is -0.569. The molecule has 3 amide bonds. The molecule has 52 heavy (non-hydrogen) atoms. The molecule has 2 heterocycles. The molecule has 4 atom stereocenters. The number of hydrogen-bond donors (Lipinski definition) is 2. The number of ether oxygens (including phenoxy) is 3. The average Bonchev–Trinajstić information content (AvgIpc) is 3.57. The van der Waals surface area contributed by atoms with Gasteiger partial charge in [0.15, 0.2) is 5.60 Å². The normalized spacial score (nSPS) is 20.9. The lowest BCUT2D eigenvalue weighted by atomic mass is 9.82. The fourth-order valence-corrected chi connectivity index (χ4v) is 12.2. The van der Waals surface area contributed by atoms with Gasteiger partial charge in [0.05, 0.1) is 47.1 Å². The molecule has 1 saturated heterocycles. The first-order valence-electron chi connectivity index (χ1n) is 17.6. The number of likely N-dealkylation sites (N-methyl/N-ethyl adjacent to an activating group) is 1. The summed E-state index contributed by atoms with van der Waals surface area (Å²) in [7, 11) is 2.43. The maximum absolute atomic E-state index is 14.6. The summed E-state index contributed by atoms with van der Waals surface area (Å²) in [4.78, 5) is 45.4. The van der Waals surface area contributed by atoms with Gasteiger partial charge in [-0.15, -0.1) is 0 Å². The van der Waals surface area contributed by atoms with Crippen molar-refractivity contribution in [2.75, 3.05) is 44.6 Å². The van der Waals surface area contributed by atoms with Gasteiger partial charge < -0.3 is 34.4 Å². The number of nitrogens with one attached hydrogen (secondary N) is 1. The number of carbonyl (C=O) groups is 3. The Kier molecular flexibility index (Phi) is 10.6. The minimum Gasteiger partial charge on any atom is -0.497 e. The highest BCUT2D eigenvalue weighted by atomic mass is 28.3. The molecule has 10 nitrogen and oxygen atoms in total. The zero-order valence-electron chi connectivity index (χ0n) is 30.6. The van der Waals surface area contributed by atoms with Crippen molar-refractivity contribution in [1.29, 1.82) is 0 Å². The Labute approximate surface area is 306 Å². The van der Waals surface area contributed by atoms with Crippen molar-refractivity contribution in [2.45, 2.75) is 50.2 Å². The van der Waals surface area contributed by atoms with Crippen molar-refractivity contribution < 1.29 is 33.7 Å². The second kappa shape index (κ2) is 14.9. The van der Waals surface area contributed by atoms with Crippen LogP contribution in [-0.4, -0.2) is 76.3 Å². The number of methoxy groups -OCH3 is 2. The van der Waals surface area contributed by atoms with Gasteiger partial charge in [-0.3, -0.25) is 14.4 Å². The Bertz CT molecular complexity index is 1920. The summed E-state index contributed by atoms with van der Waals surface area (Å²) in [5, 5.41) is 14.1. The standard InChI is InChI=1S/C41H47N3O7Si/c1-27-38(52(5,6)33-19-17-32(50-4)18-20-33)36(25-37(46)44(22-23-45)26-28-10-8-7-9-11-28)51-41(27)34-24-30(14-21-35(34)43(2)40(41)48)42-39(47)29-12-15-31(49-3)16-13-29/h7-21,24,27,36,38,45H,22-23,25-26H2,1-6H3,(H,42,47)/t27-,36+,38-,41+/m1/s1. The zero-order chi connectivity index (χ0) is 37.2. The molecule has 6 rings (SSSR count). The number of aliphatic hydroxyl groups is 1. The third kappa shape index (κ3) is 6.71. The van der Waals surface area contributed by atoms with E-state index in [-0.39, 0.29) is 48.8 Å².